The number of nitrogens with zero attached hydrogens (tertiary/aromatic N) is 1. The molecule has 25 heavy (non-hydrogen) atoms. The van der Waals surface area contributed by atoms with Crippen molar-refractivity contribution in [2.75, 3.05) is 0 Å². The Hall–Kier alpha value is -2.93. The van der Waals surface area contributed by atoms with Gasteiger partial charge in [-0.3, -0.25) is 0 Å². The van der Waals surface area contributed by atoms with Crippen LogP contribution >= 0.6 is 0 Å². The maximum atomic E-state index is 13.2. The second-order valence-electron chi connectivity index (χ2n) is 5.81. The summed E-state index contributed by atoms with van der Waals surface area (Å²) in [5, 5.41) is 15.6. The number of aliphatic carboxylic acids is 2. The summed E-state index contributed by atoms with van der Waals surface area (Å²) in [6.07, 6.45) is 4.01. The van der Waals surface area contributed by atoms with Crippen LogP contribution in [-0.2, 0) is 22.6 Å². The van der Waals surface area contributed by atoms with Crippen LogP contribution in [0.1, 0.15) is 18.1 Å². The normalized spacial score (nSPS) is 12.9. The molecule has 1 aliphatic carbocycles. The number of hydrogen-bond donors (Lipinski definition) is 3. The molecule has 2 aromatic rings. The predicted octanol–water partition coefficient (Wildman–Crippen LogP) is 2.26. The number of benzene rings is 1. The first-order valence-electron chi connectivity index (χ1n) is 7.64. The van der Waals surface area contributed by atoms with Crippen LogP contribution in [0.15, 0.2) is 42.6 Å². The Morgan fingerprint density at radius 2 is 1.88 bits per heavy atom. The second kappa shape index (κ2) is 7.76. The van der Waals surface area contributed by atoms with Crippen LogP contribution < -0.4 is 5.73 Å². The molecule has 1 aromatic heterocycles. The zero-order chi connectivity index (χ0) is 18.6. The van der Waals surface area contributed by atoms with Crippen molar-refractivity contribution in [1.82, 2.24) is 4.57 Å². The number of halogens is 1. The largest absolute Gasteiger partial charge is 0.478 e. The number of nitrogens with two attached hydrogens (primary N) is 1. The standard InChI is InChI=1S/C14H15FN2.C4H4O4/c1-9(16)8-17-5-4-10-6-11-7-12(15)2-3-13(11)14(10)17;5-3(6)1-2-4(7)8/h2-5,7,9H,6,8,16H2,1H3;1-2H,(H,5,6)(H,7,8)/b;2-1+. The minimum absolute atomic E-state index is 0.121. The number of fused-ring (bicyclic) bond motifs is 3. The molecule has 0 fully saturated rings. The Morgan fingerprint density at radius 1 is 1.24 bits per heavy atom. The first-order chi connectivity index (χ1) is 11.8. The molecule has 1 atom stereocenters. The minimum atomic E-state index is -1.26. The zero-order valence-electron chi connectivity index (χ0n) is 13.6. The van der Waals surface area contributed by atoms with Gasteiger partial charge in [-0.1, -0.05) is 0 Å². The topological polar surface area (TPSA) is 106 Å². The van der Waals surface area contributed by atoms with Gasteiger partial charge in [0.05, 0.1) is 5.69 Å². The molecule has 0 radical (unpaired) electrons. The highest BCUT2D eigenvalue weighted by atomic mass is 19.1. The number of rotatable bonds is 4. The summed E-state index contributed by atoms with van der Waals surface area (Å²) < 4.78 is 15.3. The van der Waals surface area contributed by atoms with E-state index in [9.17, 15) is 14.0 Å². The van der Waals surface area contributed by atoms with E-state index in [1.54, 1.807) is 6.07 Å². The third-order valence-corrected chi connectivity index (χ3v) is 3.60. The molecule has 132 valence electrons. The van der Waals surface area contributed by atoms with E-state index >= 15 is 0 Å². The molecule has 1 aromatic carbocycles. The van der Waals surface area contributed by atoms with Gasteiger partial charge in [0, 0.05) is 42.9 Å². The molecule has 0 saturated carbocycles. The molecular weight excluding hydrogens is 327 g/mol. The van der Waals surface area contributed by atoms with Gasteiger partial charge in [0.15, 0.2) is 0 Å². The predicted molar refractivity (Wildman–Crippen MR) is 90.7 cm³/mol. The molecule has 1 aliphatic rings. The van der Waals surface area contributed by atoms with Gasteiger partial charge in [-0.15, -0.1) is 0 Å². The van der Waals surface area contributed by atoms with Gasteiger partial charge < -0.3 is 20.5 Å². The van der Waals surface area contributed by atoms with Crippen molar-refractivity contribution in [3.8, 4) is 11.3 Å². The van der Waals surface area contributed by atoms with Crippen molar-refractivity contribution < 1.29 is 24.2 Å². The molecule has 3 rings (SSSR count). The lowest BCUT2D eigenvalue weighted by molar-refractivity contribution is -0.134. The SMILES string of the molecule is CC(N)Cn1ccc2c1-c1ccc(F)cc1C2.O=C(O)/C=C/C(=O)O. The molecule has 1 unspecified atom stereocenters. The van der Waals surface area contributed by atoms with Gasteiger partial charge in [0.1, 0.15) is 5.82 Å². The first-order valence-corrected chi connectivity index (χ1v) is 7.64. The minimum Gasteiger partial charge on any atom is -0.478 e. The van der Waals surface area contributed by atoms with Crippen LogP contribution in [0.5, 0.6) is 0 Å². The highest BCUT2D eigenvalue weighted by molar-refractivity contribution is 5.89. The Bertz CT molecular complexity index is 808. The Labute approximate surface area is 144 Å². The van der Waals surface area contributed by atoms with Crippen molar-refractivity contribution in [3.63, 3.8) is 0 Å². The van der Waals surface area contributed by atoms with E-state index in [2.05, 4.69) is 16.8 Å². The molecule has 4 N–H and O–H groups in total. The van der Waals surface area contributed by atoms with E-state index in [1.807, 2.05) is 13.0 Å². The molecule has 0 amide bonds. The van der Waals surface area contributed by atoms with Crippen molar-refractivity contribution in [2.24, 2.45) is 5.73 Å². The van der Waals surface area contributed by atoms with E-state index in [1.165, 1.54) is 17.3 Å². The van der Waals surface area contributed by atoms with Crippen molar-refractivity contribution in [2.45, 2.75) is 25.9 Å². The number of carboxylic acids is 2. The van der Waals surface area contributed by atoms with Crippen molar-refractivity contribution in [3.05, 3.63) is 59.6 Å². The number of hydrogen-bond acceptors (Lipinski definition) is 3. The third-order valence-electron chi connectivity index (χ3n) is 3.60. The molecule has 7 heteroatoms. The van der Waals surface area contributed by atoms with Gasteiger partial charge in [0.2, 0.25) is 0 Å². The first kappa shape index (κ1) is 18.4. The Balaban J connectivity index is 0.000000242. The van der Waals surface area contributed by atoms with Gasteiger partial charge in [0.25, 0.3) is 0 Å². The van der Waals surface area contributed by atoms with Crippen LogP contribution in [-0.4, -0.2) is 32.8 Å². The summed E-state index contributed by atoms with van der Waals surface area (Å²) in [7, 11) is 0. The van der Waals surface area contributed by atoms with E-state index in [0.29, 0.717) is 12.2 Å². The Morgan fingerprint density at radius 3 is 2.44 bits per heavy atom. The van der Waals surface area contributed by atoms with Crippen LogP contribution in [0.4, 0.5) is 4.39 Å². The maximum absolute atomic E-state index is 13.2. The molecule has 0 aliphatic heterocycles. The second-order valence-corrected chi connectivity index (χ2v) is 5.81. The van der Waals surface area contributed by atoms with Gasteiger partial charge in [-0.2, -0.15) is 0 Å². The molecule has 1 heterocycles. The van der Waals surface area contributed by atoms with Crippen molar-refractivity contribution in [1.29, 1.82) is 0 Å². The summed E-state index contributed by atoms with van der Waals surface area (Å²) in [4.78, 5) is 19.1. The lowest BCUT2D eigenvalue weighted by atomic mass is 10.1. The summed E-state index contributed by atoms with van der Waals surface area (Å²) in [6, 6.07) is 7.25. The third kappa shape index (κ3) is 4.77. The molecule has 0 bridgehead atoms. The van der Waals surface area contributed by atoms with E-state index in [0.717, 1.165) is 24.1 Å². The van der Waals surface area contributed by atoms with E-state index < -0.39 is 11.9 Å². The van der Waals surface area contributed by atoms with Crippen molar-refractivity contribution >= 4 is 11.9 Å². The lowest BCUT2D eigenvalue weighted by Crippen LogP contribution is -2.22. The summed E-state index contributed by atoms with van der Waals surface area (Å²) in [5.41, 5.74) is 10.5. The summed E-state index contributed by atoms with van der Waals surface area (Å²) >= 11 is 0. The fourth-order valence-corrected chi connectivity index (χ4v) is 2.74. The smallest absolute Gasteiger partial charge is 0.328 e. The number of carboxylic acid groups (broad SMARTS) is 2. The lowest BCUT2D eigenvalue weighted by Gasteiger charge is -2.11. The number of carbonyl (C=O) groups is 2. The maximum Gasteiger partial charge on any atom is 0.328 e. The monoisotopic (exact) mass is 346 g/mol. The average molecular weight is 346 g/mol. The average Bonchev–Trinajstić information content (AvgIpc) is 3.04. The van der Waals surface area contributed by atoms with Gasteiger partial charge >= 0.3 is 11.9 Å². The van der Waals surface area contributed by atoms with Crippen LogP contribution in [0.3, 0.4) is 0 Å². The van der Waals surface area contributed by atoms with Crippen LogP contribution in [0.25, 0.3) is 11.3 Å². The Kier molecular flexibility index (Phi) is 5.71. The highest BCUT2D eigenvalue weighted by Crippen LogP contribution is 2.37. The van der Waals surface area contributed by atoms with Gasteiger partial charge in [-0.25, -0.2) is 14.0 Å². The molecule has 0 spiro atoms. The van der Waals surface area contributed by atoms with Gasteiger partial charge in [-0.05, 0) is 42.3 Å². The fourth-order valence-electron chi connectivity index (χ4n) is 2.74. The highest BCUT2D eigenvalue weighted by Gasteiger charge is 2.22. The molecule has 0 saturated heterocycles. The molecular formula is C18H19FN2O4. The summed E-state index contributed by atoms with van der Waals surface area (Å²) in [6.45, 7) is 2.79. The fraction of sp³-hybridized carbons (Fsp3) is 0.222. The van der Waals surface area contributed by atoms with E-state index in [4.69, 9.17) is 15.9 Å². The number of aromatic nitrogens is 1. The summed E-state index contributed by atoms with van der Waals surface area (Å²) in [5.74, 6) is -2.67. The van der Waals surface area contributed by atoms with E-state index in [-0.39, 0.29) is 11.9 Å². The van der Waals surface area contributed by atoms with Crippen LogP contribution in [0.2, 0.25) is 0 Å². The molecule has 6 nitrogen and oxygen atoms in total. The van der Waals surface area contributed by atoms with Crippen LogP contribution in [0, 0.1) is 5.82 Å². The zero-order valence-corrected chi connectivity index (χ0v) is 13.6. The quantitative estimate of drug-likeness (QED) is 0.628.